The second-order valence-corrected chi connectivity index (χ2v) is 6.02. The Kier molecular flexibility index (Phi) is 6.36. The molecule has 2 nitrogen and oxygen atoms in total. The van der Waals surface area contributed by atoms with Gasteiger partial charge in [0.05, 0.1) is 4.34 Å². The second-order valence-electron chi connectivity index (χ2n) is 4.27. The molecule has 1 aromatic heterocycles. The van der Waals surface area contributed by atoms with Crippen LogP contribution in [0.1, 0.15) is 37.7 Å². The molecule has 0 fully saturated rings. The molecule has 1 rings (SSSR count). The predicted molar refractivity (Wildman–Crippen MR) is 71.1 cm³/mol. The molecule has 0 aliphatic heterocycles. The van der Waals surface area contributed by atoms with Gasteiger partial charge >= 0.3 is 0 Å². The fourth-order valence-electron chi connectivity index (χ4n) is 1.48. The molecule has 0 aliphatic rings. The smallest absolute Gasteiger partial charge is 0.104 e. The Hall–Kier alpha value is -0.0900. The van der Waals surface area contributed by atoms with Crippen molar-refractivity contribution in [3.05, 3.63) is 21.3 Å². The van der Waals surface area contributed by atoms with Gasteiger partial charge in [0, 0.05) is 18.0 Å². The first-order chi connectivity index (χ1) is 7.63. The summed E-state index contributed by atoms with van der Waals surface area (Å²) in [5, 5.41) is 0. The van der Waals surface area contributed by atoms with E-state index < -0.39 is 0 Å². The maximum atomic E-state index is 5.89. The molecule has 0 spiro atoms. The highest BCUT2D eigenvalue weighted by Crippen LogP contribution is 2.28. The van der Waals surface area contributed by atoms with Gasteiger partial charge in [0.15, 0.2) is 0 Å². The number of thiophene rings is 1. The van der Waals surface area contributed by atoms with Gasteiger partial charge in [-0.15, -0.1) is 11.3 Å². The van der Waals surface area contributed by atoms with E-state index in [1.165, 1.54) is 6.42 Å². The van der Waals surface area contributed by atoms with Crippen molar-refractivity contribution in [2.45, 2.75) is 32.8 Å². The summed E-state index contributed by atoms with van der Waals surface area (Å²) < 4.78 is 6.56. The van der Waals surface area contributed by atoms with Crippen molar-refractivity contribution >= 4 is 22.9 Å². The summed E-state index contributed by atoms with van der Waals surface area (Å²) in [6.07, 6.45) is 2.29. The Balaban J connectivity index is 2.32. The zero-order valence-electron chi connectivity index (χ0n) is 9.91. The van der Waals surface area contributed by atoms with Crippen LogP contribution in [0.2, 0.25) is 4.34 Å². The molecule has 16 heavy (non-hydrogen) atoms. The average Bonchev–Trinajstić information content (AvgIpc) is 2.64. The molecule has 0 bridgehead atoms. The van der Waals surface area contributed by atoms with E-state index in [0.29, 0.717) is 6.54 Å². The molecule has 0 saturated carbocycles. The van der Waals surface area contributed by atoms with Crippen LogP contribution in [-0.2, 0) is 4.74 Å². The Morgan fingerprint density at radius 1 is 1.44 bits per heavy atom. The van der Waals surface area contributed by atoms with Crippen LogP contribution in [0.3, 0.4) is 0 Å². The molecule has 1 aromatic rings. The summed E-state index contributed by atoms with van der Waals surface area (Å²) in [5.41, 5.74) is 5.69. The maximum absolute atomic E-state index is 5.89. The van der Waals surface area contributed by atoms with Gasteiger partial charge in [-0.3, -0.25) is 0 Å². The number of hydrogen-bond acceptors (Lipinski definition) is 3. The zero-order chi connectivity index (χ0) is 12.0. The standard InChI is InChI=1S/C12H20ClNOS/c1-9(2)4-3-7-15-10(8-14)11-5-6-12(13)16-11/h5-6,9-10H,3-4,7-8,14H2,1-2H3. The molecule has 0 radical (unpaired) electrons. The lowest BCUT2D eigenvalue weighted by Crippen LogP contribution is -2.15. The quantitative estimate of drug-likeness (QED) is 0.757. The first-order valence-electron chi connectivity index (χ1n) is 5.70. The number of rotatable bonds is 7. The lowest BCUT2D eigenvalue weighted by molar-refractivity contribution is 0.0569. The Morgan fingerprint density at radius 2 is 2.19 bits per heavy atom. The molecule has 1 heterocycles. The number of halogens is 1. The van der Waals surface area contributed by atoms with Crippen molar-refractivity contribution in [1.82, 2.24) is 0 Å². The number of nitrogens with two attached hydrogens (primary N) is 1. The fraction of sp³-hybridized carbons (Fsp3) is 0.667. The third kappa shape index (κ3) is 4.83. The van der Waals surface area contributed by atoms with Crippen molar-refractivity contribution in [2.75, 3.05) is 13.2 Å². The summed E-state index contributed by atoms with van der Waals surface area (Å²) in [6, 6.07) is 3.88. The minimum absolute atomic E-state index is 0.00432. The minimum atomic E-state index is 0.00432. The van der Waals surface area contributed by atoms with Crippen LogP contribution in [-0.4, -0.2) is 13.2 Å². The molecule has 0 saturated heterocycles. The lowest BCUT2D eigenvalue weighted by atomic mass is 10.1. The summed E-state index contributed by atoms with van der Waals surface area (Å²) in [6.45, 7) is 5.73. The molecule has 0 aliphatic carbocycles. The highest BCUT2D eigenvalue weighted by Gasteiger charge is 2.12. The van der Waals surface area contributed by atoms with E-state index in [0.717, 1.165) is 28.2 Å². The van der Waals surface area contributed by atoms with E-state index in [4.69, 9.17) is 22.1 Å². The van der Waals surface area contributed by atoms with Gasteiger partial charge < -0.3 is 10.5 Å². The first kappa shape index (κ1) is 14.0. The summed E-state index contributed by atoms with van der Waals surface area (Å²) in [5.74, 6) is 0.733. The van der Waals surface area contributed by atoms with E-state index in [1.54, 1.807) is 11.3 Å². The van der Waals surface area contributed by atoms with Gasteiger partial charge in [0.1, 0.15) is 6.10 Å². The van der Waals surface area contributed by atoms with E-state index in [1.807, 2.05) is 12.1 Å². The molecule has 1 unspecified atom stereocenters. The Bertz CT molecular complexity index is 301. The summed E-state index contributed by atoms with van der Waals surface area (Å²) >= 11 is 7.43. The van der Waals surface area contributed by atoms with Crippen LogP contribution in [0.5, 0.6) is 0 Å². The molecular weight excluding hydrogens is 242 g/mol. The van der Waals surface area contributed by atoms with Crippen molar-refractivity contribution in [2.24, 2.45) is 11.7 Å². The molecule has 2 N–H and O–H groups in total. The third-order valence-electron chi connectivity index (χ3n) is 2.37. The number of hydrogen-bond donors (Lipinski definition) is 1. The largest absolute Gasteiger partial charge is 0.371 e. The van der Waals surface area contributed by atoms with Gasteiger partial charge in [0.25, 0.3) is 0 Å². The Morgan fingerprint density at radius 3 is 2.69 bits per heavy atom. The number of ether oxygens (including phenoxy) is 1. The highest BCUT2D eigenvalue weighted by molar-refractivity contribution is 7.16. The van der Waals surface area contributed by atoms with Crippen molar-refractivity contribution in [3.63, 3.8) is 0 Å². The van der Waals surface area contributed by atoms with Gasteiger partial charge in [-0.1, -0.05) is 25.4 Å². The van der Waals surface area contributed by atoms with Crippen molar-refractivity contribution in [1.29, 1.82) is 0 Å². The molecule has 1 atom stereocenters. The SMILES string of the molecule is CC(C)CCCOC(CN)c1ccc(Cl)s1. The molecular formula is C12H20ClNOS. The zero-order valence-corrected chi connectivity index (χ0v) is 11.5. The fourth-order valence-corrected chi connectivity index (χ4v) is 2.61. The Labute approximate surface area is 107 Å². The minimum Gasteiger partial charge on any atom is -0.371 e. The van der Waals surface area contributed by atoms with Crippen molar-refractivity contribution in [3.8, 4) is 0 Å². The normalized spacial score (nSPS) is 13.3. The molecule has 0 aromatic carbocycles. The average molecular weight is 262 g/mol. The van der Waals surface area contributed by atoms with E-state index in [2.05, 4.69) is 13.8 Å². The highest BCUT2D eigenvalue weighted by atomic mass is 35.5. The van der Waals surface area contributed by atoms with Crippen LogP contribution in [0.4, 0.5) is 0 Å². The van der Waals surface area contributed by atoms with E-state index in [9.17, 15) is 0 Å². The van der Waals surface area contributed by atoms with E-state index >= 15 is 0 Å². The maximum Gasteiger partial charge on any atom is 0.104 e. The third-order valence-corrected chi connectivity index (χ3v) is 3.69. The van der Waals surface area contributed by atoms with Gasteiger partial charge in [-0.2, -0.15) is 0 Å². The lowest BCUT2D eigenvalue weighted by Gasteiger charge is -2.14. The van der Waals surface area contributed by atoms with Gasteiger partial charge in [-0.05, 0) is 30.9 Å². The molecule has 92 valence electrons. The van der Waals surface area contributed by atoms with Crippen LogP contribution in [0.25, 0.3) is 0 Å². The van der Waals surface area contributed by atoms with Crippen LogP contribution >= 0.6 is 22.9 Å². The van der Waals surface area contributed by atoms with Crippen LogP contribution in [0.15, 0.2) is 12.1 Å². The topological polar surface area (TPSA) is 35.2 Å². The predicted octanol–water partition coefficient (Wildman–Crippen LogP) is 3.85. The molecule has 0 amide bonds. The first-order valence-corrected chi connectivity index (χ1v) is 6.89. The van der Waals surface area contributed by atoms with Gasteiger partial charge in [0.2, 0.25) is 0 Å². The van der Waals surface area contributed by atoms with Crippen molar-refractivity contribution < 1.29 is 4.74 Å². The van der Waals surface area contributed by atoms with Crippen LogP contribution < -0.4 is 5.73 Å². The van der Waals surface area contributed by atoms with Crippen LogP contribution in [0, 0.1) is 5.92 Å². The van der Waals surface area contributed by atoms with E-state index in [-0.39, 0.29) is 6.10 Å². The molecule has 4 heteroatoms. The second kappa shape index (κ2) is 7.28. The monoisotopic (exact) mass is 261 g/mol. The summed E-state index contributed by atoms with van der Waals surface area (Å²) in [7, 11) is 0. The summed E-state index contributed by atoms with van der Waals surface area (Å²) in [4.78, 5) is 1.12. The van der Waals surface area contributed by atoms with Gasteiger partial charge in [-0.25, -0.2) is 0 Å².